The van der Waals surface area contributed by atoms with Crippen molar-refractivity contribution >= 4 is 59.3 Å². The highest BCUT2D eigenvalue weighted by Crippen LogP contribution is 2.33. The lowest BCUT2D eigenvalue weighted by molar-refractivity contribution is 0.623. The van der Waals surface area contributed by atoms with E-state index in [9.17, 15) is 0 Å². The van der Waals surface area contributed by atoms with Crippen LogP contribution in [-0.4, -0.2) is 13.5 Å². The molecule has 0 aliphatic heterocycles. The molecule has 0 bridgehead atoms. The molecule has 5 heteroatoms. The standard InChI is InChI=1S/C12H25Br3Si2/c1-3-12(2)16-10-8-6-4-5-7-9-11-17(13,14)15/h3H,4-11,16H2,1-2H3. The van der Waals surface area contributed by atoms with E-state index in [0.717, 1.165) is 0 Å². The van der Waals surface area contributed by atoms with Gasteiger partial charge in [0.15, 0.2) is 0 Å². The molecule has 0 nitrogen and oxygen atoms in total. The summed E-state index contributed by atoms with van der Waals surface area (Å²) in [6, 6.07) is 2.79. The number of allylic oxidation sites excluding steroid dienone is 2. The maximum Gasteiger partial charge on any atom is 0.267 e. The van der Waals surface area contributed by atoms with Gasteiger partial charge in [0.2, 0.25) is 0 Å². The number of hydrogen-bond acceptors (Lipinski definition) is 0. The van der Waals surface area contributed by atoms with Crippen molar-refractivity contribution in [2.75, 3.05) is 0 Å². The fraction of sp³-hybridized carbons (Fsp3) is 0.833. The molecule has 0 atom stereocenters. The molecule has 0 N–H and O–H groups in total. The number of halogens is 3. The molecule has 102 valence electrons. The molecule has 0 saturated heterocycles. The smallest absolute Gasteiger partial charge is 0.0964 e. The number of hydrogen-bond donors (Lipinski definition) is 0. The van der Waals surface area contributed by atoms with E-state index in [4.69, 9.17) is 0 Å². The van der Waals surface area contributed by atoms with Crippen LogP contribution in [0, 0.1) is 0 Å². The van der Waals surface area contributed by atoms with Crippen molar-refractivity contribution in [3.05, 3.63) is 11.3 Å². The van der Waals surface area contributed by atoms with Crippen LogP contribution in [0.1, 0.15) is 52.4 Å². The van der Waals surface area contributed by atoms with Crippen LogP contribution >= 0.6 is 45.9 Å². The van der Waals surface area contributed by atoms with Crippen LogP contribution in [-0.2, 0) is 0 Å². The minimum absolute atomic E-state index is 0.121. The van der Waals surface area contributed by atoms with Gasteiger partial charge in [-0.25, -0.2) is 0 Å². The summed E-state index contributed by atoms with van der Waals surface area (Å²) in [5.41, 5.74) is 0. The van der Waals surface area contributed by atoms with E-state index in [1.54, 1.807) is 5.20 Å². The molecular weight excluding hydrogens is 440 g/mol. The van der Waals surface area contributed by atoms with E-state index in [-0.39, 0.29) is 9.52 Å². The number of rotatable bonds is 10. The maximum absolute atomic E-state index is 3.67. The highest BCUT2D eigenvalue weighted by Gasteiger charge is 2.20. The summed E-state index contributed by atoms with van der Waals surface area (Å²) in [6.45, 7) is 4.46. The van der Waals surface area contributed by atoms with Gasteiger partial charge in [-0.15, -0.1) is 0 Å². The summed E-state index contributed by atoms with van der Waals surface area (Å²) >= 11 is 11.0. The lowest BCUT2D eigenvalue weighted by Crippen LogP contribution is -2.04. The third kappa shape index (κ3) is 15.6. The van der Waals surface area contributed by atoms with Crippen molar-refractivity contribution in [2.24, 2.45) is 0 Å². The predicted molar refractivity (Wildman–Crippen MR) is 97.8 cm³/mol. The van der Waals surface area contributed by atoms with E-state index in [1.807, 2.05) is 0 Å². The molecule has 0 aliphatic carbocycles. The van der Waals surface area contributed by atoms with E-state index >= 15 is 0 Å². The first-order valence-electron chi connectivity index (χ1n) is 6.64. The van der Waals surface area contributed by atoms with Gasteiger partial charge in [-0.2, -0.15) is 0 Å². The molecule has 17 heavy (non-hydrogen) atoms. The molecule has 0 heterocycles. The molecule has 0 unspecified atom stereocenters. The highest BCUT2D eigenvalue weighted by molar-refractivity contribution is 9.72. The van der Waals surface area contributed by atoms with Crippen LogP contribution in [0.3, 0.4) is 0 Å². The van der Waals surface area contributed by atoms with Crippen LogP contribution in [0.5, 0.6) is 0 Å². The maximum atomic E-state index is 3.67. The van der Waals surface area contributed by atoms with E-state index in [2.05, 4.69) is 65.8 Å². The minimum atomic E-state index is -1.32. The second-order valence-electron chi connectivity index (χ2n) is 4.73. The molecule has 0 aromatic heterocycles. The average Bonchev–Trinajstić information content (AvgIpc) is 2.25. The van der Waals surface area contributed by atoms with Gasteiger partial charge in [-0.05, 0) is 19.9 Å². The third-order valence-corrected chi connectivity index (χ3v) is 9.56. The zero-order chi connectivity index (χ0) is 13.1. The van der Waals surface area contributed by atoms with Gasteiger partial charge in [-0.3, -0.25) is 0 Å². The van der Waals surface area contributed by atoms with E-state index in [1.165, 1.54) is 50.6 Å². The lowest BCUT2D eigenvalue weighted by atomic mass is 10.1. The molecule has 0 saturated carbocycles. The van der Waals surface area contributed by atoms with Crippen molar-refractivity contribution in [2.45, 2.75) is 64.5 Å². The SMILES string of the molecule is CC=C(C)[SiH2]CCCCCCCC[Si](Br)(Br)Br. The second kappa shape index (κ2) is 11.4. The van der Waals surface area contributed by atoms with Gasteiger partial charge in [-0.1, -0.05) is 102 Å². The molecule has 0 fully saturated rings. The fourth-order valence-corrected chi connectivity index (χ4v) is 6.38. The molecule has 0 radical (unpaired) electrons. The molecule has 0 aliphatic rings. The summed E-state index contributed by atoms with van der Waals surface area (Å²) in [6.07, 6.45) is 10.8. The Morgan fingerprint density at radius 3 is 2.06 bits per heavy atom. The van der Waals surface area contributed by atoms with Crippen molar-refractivity contribution in [1.29, 1.82) is 0 Å². The van der Waals surface area contributed by atoms with Crippen LogP contribution in [0.2, 0.25) is 12.1 Å². The normalized spacial score (nSPS) is 13.8. The summed E-state index contributed by atoms with van der Waals surface area (Å²) < 4.78 is -1.32. The summed E-state index contributed by atoms with van der Waals surface area (Å²) in [7, 11) is 0.121. The molecule has 0 amide bonds. The second-order valence-corrected chi connectivity index (χ2v) is 30.5. The van der Waals surface area contributed by atoms with Crippen molar-refractivity contribution < 1.29 is 0 Å². The monoisotopic (exact) mass is 462 g/mol. The van der Waals surface area contributed by atoms with Gasteiger partial charge in [0.25, 0.3) is 3.93 Å². The summed E-state index contributed by atoms with van der Waals surface area (Å²) in [5.74, 6) is 0. The fourth-order valence-electron chi connectivity index (χ4n) is 1.76. The number of unbranched alkanes of at least 4 members (excludes halogenated alkanes) is 5. The Morgan fingerprint density at radius 2 is 1.53 bits per heavy atom. The minimum Gasteiger partial charge on any atom is -0.0964 e. The summed E-state index contributed by atoms with van der Waals surface area (Å²) in [4.78, 5) is 0. The van der Waals surface area contributed by atoms with E-state index in [0.29, 0.717) is 0 Å². The van der Waals surface area contributed by atoms with E-state index < -0.39 is 3.93 Å². The predicted octanol–water partition coefficient (Wildman–Crippen LogP) is 5.96. The van der Waals surface area contributed by atoms with Crippen LogP contribution in [0.15, 0.2) is 11.3 Å². The third-order valence-electron chi connectivity index (χ3n) is 3.02. The van der Waals surface area contributed by atoms with Gasteiger partial charge in [0, 0.05) is 9.52 Å². The van der Waals surface area contributed by atoms with Gasteiger partial charge >= 0.3 is 0 Å². The first kappa shape index (κ1) is 18.6. The Kier molecular flexibility index (Phi) is 12.5. The highest BCUT2D eigenvalue weighted by atomic mass is 80.0. The Morgan fingerprint density at radius 1 is 1.00 bits per heavy atom. The van der Waals surface area contributed by atoms with Gasteiger partial charge < -0.3 is 0 Å². The zero-order valence-electron chi connectivity index (χ0n) is 11.1. The summed E-state index contributed by atoms with van der Waals surface area (Å²) in [5, 5.41) is 1.68. The van der Waals surface area contributed by atoms with Gasteiger partial charge in [0.05, 0.1) is 0 Å². The zero-order valence-corrected chi connectivity index (χ0v) is 18.2. The van der Waals surface area contributed by atoms with Crippen LogP contribution in [0.4, 0.5) is 0 Å². The quantitative estimate of drug-likeness (QED) is 0.212. The Hall–Kier alpha value is 1.61. The van der Waals surface area contributed by atoms with Crippen molar-refractivity contribution in [1.82, 2.24) is 0 Å². The molecule has 0 aromatic carbocycles. The molecule has 0 aromatic rings. The largest absolute Gasteiger partial charge is 0.267 e. The topological polar surface area (TPSA) is 0 Å². The van der Waals surface area contributed by atoms with Crippen molar-refractivity contribution in [3.63, 3.8) is 0 Å². The first-order valence-corrected chi connectivity index (χ1v) is 17.3. The van der Waals surface area contributed by atoms with Crippen LogP contribution in [0.25, 0.3) is 0 Å². The van der Waals surface area contributed by atoms with Crippen molar-refractivity contribution in [3.8, 4) is 0 Å². The first-order chi connectivity index (χ1) is 7.95. The van der Waals surface area contributed by atoms with Crippen LogP contribution < -0.4 is 0 Å². The Labute approximate surface area is 134 Å². The molecule has 0 rings (SSSR count). The Bertz CT molecular complexity index is 212. The molecule has 0 spiro atoms. The molecular formula is C12H25Br3Si2. The lowest BCUT2D eigenvalue weighted by Gasteiger charge is -2.08. The average molecular weight is 465 g/mol. The van der Waals surface area contributed by atoms with Gasteiger partial charge in [0.1, 0.15) is 0 Å². The Balaban J connectivity index is 3.14.